The van der Waals surface area contributed by atoms with Crippen LogP contribution in [0.25, 0.3) is 0 Å². The minimum atomic E-state index is -0.290. The fourth-order valence-electron chi connectivity index (χ4n) is 2.17. The Bertz CT molecular complexity index is 189. The van der Waals surface area contributed by atoms with Crippen molar-refractivity contribution in [3.8, 4) is 0 Å². The topological polar surface area (TPSA) is 52.3 Å². The van der Waals surface area contributed by atoms with Crippen LogP contribution in [0.5, 0.6) is 0 Å². The summed E-state index contributed by atoms with van der Waals surface area (Å²) in [5, 5.41) is 0. The summed E-state index contributed by atoms with van der Waals surface area (Å²) in [6.45, 7) is 2.26. The summed E-state index contributed by atoms with van der Waals surface area (Å²) in [5.74, 6) is 4.47. The molecule has 3 nitrogen and oxygen atoms in total. The first-order chi connectivity index (χ1) is 8.81. The molecular formula is C15H32NNaO2. The second kappa shape index (κ2) is 18.4. The third-order valence-electron chi connectivity index (χ3n) is 3.37. The Morgan fingerprint density at radius 1 is 0.789 bits per heavy atom. The molecule has 0 aromatic rings. The molecule has 0 aromatic carbocycles. The Labute approximate surface area is 141 Å². The fourth-order valence-corrected chi connectivity index (χ4v) is 2.17. The Kier molecular flexibility index (Phi) is 21.1. The third-order valence-corrected chi connectivity index (χ3v) is 3.37. The predicted octanol–water partition coefficient (Wildman–Crippen LogP) is 3.85. The van der Waals surface area contributed by atoms with Crippen LogP contribution in [-0.4, -0.2) is 35.5 Å². The quantitative estimate of drug-likeness (QED) is 0.317. The molecule has 0 aromatic heterocycles. The van der Waals surface area contributed by atoms with E-state index in [0.717, 1.165) is 12.8 Å². The molecule has 0 aliphatic carbocycles. The van der Waals surface area contributed by atoms with Crippen LogP contribution in [0, 0.1) is 0 Å². The van der Waals surface area contributed by atoms with Gasteiger partial charge < -0.3 is 4.84 Å². The van der Waals surface area contributed by atoms with Gasteiger partial charge in [-0.05, 0) is 6.42 Å². The second-order valence-corrected chi connectivity index (χ2v) is 5.13. The molecular weight excluding hydrogens is 249 g/mol. The van der Waals surface area contributed by atoms with Crippen molar-refractivity contribution >= 4 is 35.5 Å². The molecule has 0 rings (SSSR count). The van der Waals surface area contributed by atoms with Crippen molar-refractivity contribution in [2.75, 3.05) is 0 Å². The molecule has 0 saturated carbocycles. The molecule has 0 spiro atoms. The molecule has 2 N–H and O–H groups in total. The molecule has 0 radical (unpaired) electrons. The van der Waals surface area contributed by atoms with Crippen molar-refractivity contribution in [3.05, 3.63) is 0 Å². The van der Waals surface area contributed by atoms with Gasteiger partial charge in [0.1, 0.15) is 0 Å². The van der Waals surface area contributed by atoms with Crippen LogP contribution in [-0.2, 0) is 9.63 Å². The number of nitrogens with two attached hydrogens (primary N) is 1. The number of hydrogen-bond acceptors (Lipinski definition) is 3. The van der Waals surface area contributed by atoms with Crippen LogP contribution in [0.15, 0.2) is 0 Å². The molecule has 0 heterocycles. The van der Waals surface area contributed by atoms with Crippen LogP contribution in [0.3, 0.4) is 0 Å². The van der Waals surface area contributed by atoms with Gasteiger partial charge in [-0.15, -0.1) is 0 Å². The van der Waals surface area contributed by atoms with E-state index in [0.29, 0.717) is 6.42 Å². The molecule has 110 valence electrons. The van der Waals surface area contributed by atoms with Crippen LogP contribution >= 0.6 is 0 Å². The van der Waals surface area contributed by atoms with Gasteiger partial charge in [0.05, 0.1) is 0 Å². The number of carbonyl (C=O) groups is 1. The van der Waals surface area contributed by atoms with E-state index in [1.807, 2.05) is 0 Å². The summed E-state index contributed by atoms with van der Waals surface area (Å²) < 4.78 is 0. The molecule has 0 amide bonds. The molecule has 0 bridgehead atoms. The third kappa shape index (κ3) is 18.4. The van der Waals surface area contributed by atoms with Gasteiger partial charge in [-0.3, -0.25) is 4.79 Å². The standard InChI is InChI=1S/C15H31NO2.Na.H/c1-2-3-4-5-6-7-8-9-10-11-12-13-14-15(17)18-16;;/h2-14,16H2,1H3;;. The first-order valence-electron chi connectivity index (χ1n) is 7.70. The zero-order valence-corrected chi connectivity index (χ0v) is 12.1. The maximum absolute atomic E-state index is 10.7. The molecule has 0 saturated heterocycles. The maximum atomic E-state index is 10.7. The van der Waals surface area contributed by atoms with E-state index in [-0.39, 0.29) is 35.5 Å². The number of carbonyl (C=O) groups excluding carboxylic acids is 1. The molecule has 19 heavy (non-hydrogen) atoms. The number of unbranched alkanes of at least 4 members (excludes halogenated alkanes) is 11. The molecule has 0 unspecified atom stereocenters. The monoisotopic (exact) mass is 281 g/mol. The normalized spacial score (nSPS) is 10.0. The summed E-state index contributed by atoms with van der Waals surface area (Å²) >= 11 is 0. The summed E-state index contributed by atoms with van der Waals surface area (Å²) in [4.78, 5) is 14.9. The van der Waals surface area contributed by atoms with Crippen molar-refractivity contribution in [1.29, 1.82) is 0 Å². The first-order valence-corrected chi connectivity index (χ1v) is 7.70. The van der Waals surface area contributed by atoms with Crippen LogP contribution < -0.4 is 5.90 Å². The van der Waals surface area contributed by atoms with Crippen molar-refractivity contribution in [2.45, 2.75) is 90.4 Å². The average Bonchev–Trinajstić information content (AvgIpc) is 2.39. The minimum absolute atomic E-state index is 0. The molecule has 0 fully saturated rings. The second-order valence-electron chi connectivity index (χ2n) is 5.13. The van der Waals surface area contributed by atoms with Gasteiger partial charge in [0.25, 0.3) is 0 Å². The van der Waals surface area contributed by atoms with Gasteiger partial charge in [0.2, 0.25) is 0 Å². The van der Waals surface area contributed by atoms with Crippen molar-refractivity contribution in [2.24, 2.45) is 5.90 Å². The zero-order valence-electron chi connectivity index (χ0n) is 12.1. The van der Waals surface area contributed by atoms with Crippen molar-refractivity contribution in [1.82, 2.24) is 0 Å². The van der Waals surface area contributed by atoms with E-state index in [4.69, 9.17) is 5.90 Å². The molecule has 0 atom stereocenters. The van der Waals surface area contributed by atoms with Crippen molar-refractivity contribution < 1.29 is 9.63 Å². The van der Waals surface area contributed by atoms with E-state index in [9.17, 15) is 4.79 Å². The summed E-state index contributed by atoms with van der Waals surface area (Å²) in [6.07, 6.45) is 16.1. The van der Waals surface area contributed by atoms with Gasteiger partial charge >= 0.3 is 35.5 Å². The predicted molar refractivity (Wildman–Crippen MR) is 83.1 cm³/mol. The molecule has 0 aliphatic rings. The Morgan fingerprint density at radius 2 is 1.16 bits per heavy atom. The van der Waals surface area contributed by atoms with Gasteiger partial charge in [-0.25, -0.2) is 0 Å². The Balaban J connectivity index is 0. The van der Waals surface area contributed by atoms with Gasteiger partial charge in [-0.2, -0.15) is 5.90 Å². The molecule has 0 aliphatic heterocycles. The van der Waals surface area contributed by atoms with Crippen LogP contribution in [0.4, 0.5) is 0 Å². The van der Waals surface area contributed by atoms with Gasteiger partial charge in [0, 0.05) is 6.42 Å². The summed E-state index contributed by atoms with van der Waals surface area (Å²) in [5.41, 5.74) is 0. The fraction of sp³-hybridized carbons (Fsp3) is 0.933. The Hall–Kier alpha value is 0.430. The van der Waals surface area contributed by atoms with Gasteiger partial charge in [0.15, 0.2) is 0 Å². The first kappa shape index (κ1) is 21.7. The van der Waals surface area contributed by atoms with E-state index in [2.05, 4.69) is 11.8 Å². The van der Waals surface area contributed by atoms with E-state index >= 15 is 0 Å². The SMILES string of the molecule is CCCCCCCCCCCCCCC(=O)ON.[NaH]. The summed E-state index contributed by atoms with van der Waals surface area (Å²) in [7, 11) is 0. The zero-order chi connectivity index (χ0) is 13.5. The van der Waals surface area contributed by atoms with E-state index in [1.165, 1.54) is 64.2 Å². The van der Waals surface area contributed by atoms with E-state index < -0.39 is 0 Å². The number of rotatable bonds is 13. The van der Waals surface area contributed by atoms with E-state index in [1.54, 1.807) is 0 Å². The van der Waals surface area contributed by atoms with Crippen LogP contribution in [0.2, 0.25) is 0 Å². The molecule has 4 heteroatoms. The Morgan fingerprint density at radius 3 is 1.53 bits per heavy atom. The average molecular weight is 281 g/mol. The number of hydrogen-bond donors (Lipinski definition) is 1. The van der Waals surface area contributed by atoms with Gasteiger partial charge in [-0.1, -0.05) is 77.6 Å². The van der Waals surface area contributed by atoms with Crippen LogP contribution in [0.1, 0.15) is 90.4 Å². The van der Waals surface area contributed by atoms with Crippen molar-refractivity contribution in [3.63, 3.8) is 0 Å². The summed E-state index contributed by atoms with van der Waals surface area (Å²) in [6, 6.07) is 0.